The van der Waals surface area contributed by atoms with Gasteiger partial charge >= 0.3 is 5.97 Å². The highest BCUT2D eigenvalue weighted by Crippen LogP contribution is 2.20. The summed E-state index contributed by atoms with van der Waals surface area (Å²) < 4.78 is 0. The molecule has 0 aromatic rings. The fourth-order valence-corrected chi connectivity index (χ4v) is 1.02. The second-order valence-electron chi connectivity index (χ2n) is 3.63. The van der Waals surface area contributed by atoms with E-state index in [0.717, 1.165) is 19.3 Å². The van der Waals surface area contributed by atoms with Gasteiger partial charge in [0.1, 0.15) is 5.54 Å². The van der Waals surface area contributed by atoms with Gasteiger partial charge in [-0.1, -0.05) is 26.7 Å². The fraction of sp³-hybridized carbons (Fsp3) is 0.889. The molecule has 3 heteroatoms. The van der Waals surface area contributed by atoms with Gasteiger partial charge in [-0.25, -0.2) is 0 Å². The van der Waals surface area contributed by atoms with E-state index in [1.807, 2.05) is 6.92 Å². The molecule has 0 heterocycles. The van der Waals surface area contributed by atoms with E-state index in [2.05, 4.69) is 6.92 Å². The molecule has 2 unspecified atom stereocenters. The summed E-state index contributed by atoms with van der Waals surface area (Å²) in [5.41, 5.74) is 4.57. The molecule has 0 amide bonds. The molecule has 0 spiro atoms. The number of hydrogen-bond donors (Lipinski definition) is 2. The van der Waals surface area contributed by atoms with Gasteiger partial charge in [0.05, 0.1) is 0 Å². The number of rotatable bonds is 5. The van der Waals surface area contributed by atoms with Crippen LogP contribution in [0.25, 0.3) is 0 Å². The van der Waals surface area contributed by atoms with Gasteiger partial charge in [0, 0.05) is 0 Å². The third kappa shape index (κ3) is 2.81. The lowest BCUT2D eigenvalue weighted by atomic mass is 9.84. The van der Waals surface area contributed by atoms with Gasteiger partial charge in [-0.15, -0.1) is 0 Å². The first-order chi connectivity index (χ1) is 5.42. The Morgan fingerprint density at radius 2 is 2.17 bits per heavy atom. The fourth-order valence-electron chi connectivity index (χ4n) is 1.02. The summed E-state index contributed by atoms with van der Waals surface area (Å²) in [7, 11) is 0. The topological polar surface area (TPSA) is 63.3 Å². The molecule has 0 aliphatic carbocycles. The minimum absolute atomic E-state index is 0.0370. The maximum Gasteiger partial charge on any atom is 0.323 e. The molecule has 0 aliphatic rings. The summed E-state index contributed by atoms with van der Waals surface area (Å²) in [6.07, 6.45) is 3.01. The van der Waals surface area contributed by atoms with Gasteiger partial charge in [0.25, 0.3) is 0 Å². The van der Waals surface area contributed by atoms with Gasteiger partial charge in [0.2, 0.25) is 0 Å². The normalized spacial score (nSPS) is 18.3. The van der Waals surface area contributed by atoms with Crippen molar-refractivity contribution in [3.05, 3.63) is 0 Å². The number of carbonyl (C=O) groups is 1. The highest BCUT2D eigenvalue weighted by molar-refractivity contribution is 5.78. The molecule has 0 bridgehead atoms. The van der Waals surface area contributed by atoms with Crippen molar-refractivity contribution in [3.63, 3.8) is 0 Å². The molecule has 3 nitrogen and oxygen atoms in total. The summed E-state index contributed by atoms with van der Waals surface area (Å²) in [5, 5.41) is 8.79. The van der Waals surface area contributed by atoms with Crippen molar-refractivity contribution in [3.8, 4) is 0 Å². The third-order valence-corrected chi connectivity index (χ3v) is 2.48. The first kappa shape index (κ1) is 11.4. The zero-order valence-corrected chi connectivity index (χ0v) is 8.13. The monoisotopic (exact) mass is 173 g/mol. The van der Waals surface area contributed by atoms with Crippen LogP contribution in [0.15, 0.2) is 0 Å². The molecule has 12 heavy (non-hydrogen) atoms. The van der Waals surface area contributed by atoms with E-state index in [0.29, 0.717) is 0 Å². The first-order valence-corrected chi connectivity index (χ1v) is 4.45. The van der Waals surface area contributed by atoms with Crippen LogP contribution in [0.1, 0.15) is 40.0 Å². The van der Waals surface area contributed by atoms with Crippen molar-refractivity contribution in [2.45, 2.75) is 45.6 Å². The number of carboxylic acids is 1. The largest absolute Gasteiger partial charge is 0.480 e. The zero-order chi connectivity index (χ0) is 9.78. The van der Waals surface area contributed by atoms with Crippen molar-refractivity contribution < 1.29 is 9.90 Å². The summed E-state index contributed by atoms with van der Waals surface area (Å²) in [6, 6.07) is 0. The van der Waals surface area contributed by atoms with Crippen molar-refractivity contribution in [1.29, 1.82) is 0 Å². The van der Waals surface area contributed by atoms with E-state index < -0.39 is 11.5 Å². The average molecular weight is 173 g/mol. The average Bonchev–Trinajstić information content (AvgIpc) is 1.99. The second kappa shape index (κ2) is 4.45. The lowest BCUT2D eigenvalue weighted by Crippen LogP contribution is -2.50. The SMILES string of the molecule is CCCCC(C)C(C)(N)C(=O)O. The Bertz CT molecular complexity index is 155. The number of hydrogen-bond acceptors (Lipinski definition) is 2. The van der Waals surface area contributed by atoms with E-state index in [1.54, 1.807) is 6.92 Å². The first-order valence-electron chi connectivity index (χ1n) is 4.45. The molecule has 0 saturated carbocycles. The Kier molecular flexibility index (Phi) is 4.24. The van der Waals surface area contributed by atoms with Crippen LogP contribution < -0.4 is 5.73 Å². The summed E-state index contributed by atoms with van der Waals surface area (Å²) >= 11 is 0. The van der Waals surface area contributed by atoms with Gasteiger partial charge in [-0.05, 0) is 19.3 Å². The standard InChI is InChI=1S/C9H19NO2/c1-4-5-6-7(2)9(3,10)8(11)12/h7H,4-6,10H2,1-3H3,(H,11,12). The predicted molar refractivity (Wildman–Crippen MR) is 48.9 cm³/mol. The van der Waals surface area contributed by atoms with E-state index >= 15 is 0 Å². The van der Waals surface area contributed by atoms with Crippen molar-refractivity contribution in [2.75, 3.05) is 0 Å². The molecule has 0 radical (unpaired) electrons. The highest BCUT2D eigenvalue weighted by Gasteiger charge is 2.33. The molecule has 0 aromatic carbocycles. The molecule has 2 atom stereocenters. The van der Waals surface area contributed by atoms with Crippen LogP contribution in [-0.4, -0.2) is 16.6 Å². The van der Waals surface area contributed by atoms with Crippen LogP contribution in [-0.2, 0) is 4.79 Å². The number of carboxylic acid groups (broad SMARTS) is 1. The summed E-state index contributed by atoms with van der Waals surface area (Å²) in [6.45, 7) is 5.56. The van der Waals surface area contributed by atoms with Crippen LogP contribution in [0.4, 0.5) is 0 Å². The number of aliphatic carboxylic acids is 1. The van der Waals surface area contributed by atoms with Crippen LogP contribution in [0.3, 0.4) is 0 Å². The Hall–Kier alpha value is -0.570. The smallest absolute Gasteiger partial charge is 0.323 e. The van der Waals surface area contributed by atoms with Gasteiger partial charge in [-0.3, -0.25) is 4.79 Å². The predicted octanol–water partition coefficient (Wildman–Crippen LogP) is 1.61. The van der Waals surface area contributed by atoms with E-state index in [9.17, 15) is 4.79 Å². The molecule has 0 fully saturated rings. The Labute approximate surface area is 74.0 Å². The molecule has 0 aliphatic heterocycles. The summed E-state index contributed by atoms with van der Waals surface area (Å²) in [5.74, 6) is -0.874. The Morgan fingerprint density at radius 3 is 2.50 bits per heavy atom. The molecule has 0 rings (SSSR count). The maximum atomic E-state index is 10.7. The van der Waals surface area contributed by atoms with Crippen LogP contribution >= 0.6 is 0 Å². The van der Waals surface area contributed by atoms with Crippen molar-refractivity contribution in [2.24, 2.45) is 11.7 Å². The Morgan fingerprint density at radius 1 is 1.67 bits per heavy atom. The molecular formula is C9H19NO2. The molecule has 3 N–H and O–H groups in total. The van der Waals surface area contributed by atoms with E-state index in [1.165, 1.54) is 0 Å². The summed E-state index contributed by atoms with van der Waals surface area (Å²) in [4.78, 5) is 10.7. The quantitative estimate of drug-likeness (QED) is 0.664. The number of unbranched alkanes of at least 4 members (excludes halogenated alkanes) is 1. The highest BCUT2D eigenvalue weighted by atomic mass is 16.4. The van der Waals surface area contributed by atoms with Crippen LogP contribution in [0.5, 0.6) is 0 Å². The van der Waals surface area contributed by atoms with Crippen molar-refractivity contribution in [1.82, 2.24) is 0 Å². The lowest BCUT2D eigenvalue weighted by molar-refractivity contribution is -0.144. The second-order valence-corrected chi connectivity index (χ2v) is 3.63. The molecule has 0 saturated heterocycles. The molecule has 72 valence electrons. The molecule has 0 aromatic heterocycles. The van der Waals surface area contributed by atoms with Gasteiger partial charge < -0.3 is 10.8 Å². The minimum Gasteiger partial charge on any atom is -0.480 e. The lowest BCUT2D eigenvalue weighted by Gasteiger charge is -2.26. The maximum absolute atomic E-state index is 10.7. The van der Waals surface area contributed by atoms with Crippen LogP contribution in [0.2, 0.25) is 0 Å². The van der Waals surface area contributed by atoms with E-state index in [-0.39, 0.29) is 5.92 Å². The van der Waals surface area contributed by atoms with Gasteiger partial charge in [-0.2, -0.15) is 0 Å². The van der Waals surface area contributed by atoms with Gasteiger partial charge in [0.15, 0.2) is 0 Å². The third-order valence-electron chi connectivity index (χ3n) is 2.48. The van der Waals surface area contributed by atoms with E-state index in [4.69, 9.17) is 10.8 Å². The molecular weight excluding hydrogens is 154 g/mol. The zero-order valence-electron chi connectivity index (χ0n) is 8.13. The van der Waals surface area contributed by atoms with Crippen molar-refractivity contribution >= 4 is 5.97 Å². The Balaban J connectivity index is 4.06. The number of nitrogens with two attached hydrogens (primary N) is 1. The minimum atomic E-state index is -1.07. The van der Waals surface area contributed by atoms with Crippen LogP contribution in [0, 0.1) is 5.92 Å².